The Bertz CT molecular complexity index is 818. The summed E-state index contributed by atoms with van der Waals surface area (Å²) in [7, 11) is 0. The molecule has 2 aromatic carbocycles. The molecule has 0 amide bonds. The molecule has 3 aromatic rings. The van der Waals surface area contributed by atoms with Crippen molar-refractivity contribution in [2.24, 2.45) is 0 Å². The van der Waals surface area contributed by atoms with Gasteiger partial charge in [0.15, 0.2) is 0 Å². The average molecular weight is 262 g/mol. The molecular weight excluding hydrogens is 248 g/mol. The topological polar surface area (TPSA) is 0 Å². The molecule has 4 rings (SSSR count). The molecular formula is C18H14S. The van der Waals surface area contributed by atoms with Crippen molar-refractivity contribution in [3.63, 3.8) is 0 Å². The van der Waals surface area contributed by atoms with Gasteiger partial charge < -0.3 is 0 Å². The van der Waals surface area contributed by atoms with Crippen LogP contribution in [-0.4, -0.2) is 0 Å². The monoisotopic (exact) mass is 262 g/mol. The normalized spacial score (nSPS) is 15.1. The average Bonchev–Trinajstić information content (AvgIpc) is 2.86. The number of benzene rings is 2. The van der Waals surface area contributed by atoms with Crippen molar-refractivity contribution in [3.8, 4) is 0 Å². The number of allylic oxidation sites excluding steroid dienone is 4. The number of hydrogen-bond donors (Lipinski definition) is 0. The summed E-state index contributed by atoms with van der Waals surface area (Å²) >= 11 is 1.89. The molecule has 0 atom stereocenters. The molecule has 19 heavy (non-hydrogen) atoms. The van der Waals surface area contributed by atoms with Crippen LogP contribution in [0.15, 0.2) is 60.7 Å². The molecule has 0 radical (unpaired) electrons. The van der Waals surface area contributed by atoms with Crippen molar-refractivity contribution in [1.29, 1.82) is 0 Å². The highest BCUT2D eigenvalue weighted by atomic mass is 32.1. The van der Waals surface area contributed by atoms with Crippen molar-refractivity contribution >= 4 is 37.1 Å². The first-order valence-electron chi connectivity index (χ1n) is 6.69. The smallest absolute Gasteiger partial charge is 0.0361 e. The fraction of sp³-hybridized carbons (Fsp3) is 0.111. The Morgan fingerprint density at radius 2 is 1.79 bits per heavy atom. The van der Waals surface area contributed by atoms with Crippen molar-refractivity contribution in [3.05, 3.63) is 66.3 Å². The third-order valence-corrected chi connectivity index (χ3v) is 4.90. The molecule has 0 unspecified atom stereocenters. The maximum absolute atomic E-state index is 2.35. The predicted molar refractivity (Wildman–Crippen MR) is 85.7 cm³/mol. The highest BCUT2D eigenvalue weighted by Gasteiger charge is 2.08. The van der Waals surface area contributed by atoms with Crippen LogP contribution in [0, 0.1) is 0 Å². The van der Waals surface area contributed by atoms with E-state index in [4.69, 9.17) is 0 Å². The lowest BCUT2D eigenvalue weighted by Crippen LogP contribution is -1.87. The van der Waals surface area contributed by atoms with Gasteiger partial charge >= 0.3 is 0 Å². The van der Waals surface area contributed by atoms with Crippen molar-refractivity contribution < 1.29 is 0 Å². The lowest BCUT2D eigenvalue weighted by atomic mass is 9.97. The second-order valence-corrected chi connectivity index (χ2v) is 6.05. The standard InChI is InChI=1S/C18H14S/c1-2-6-13(7-3-1)14-10-11-16-15-8-4-5-9-17(15)19-18(16)12-14/h1-2,4-6,8-12H,3,7H2. The quantitative estimate of drug-likeness (QED) is 0.521. The molecule has 0 N–H and O–H groups in total. The molecule has 1 heteroatoms. The maximum atomic E-state index is 2.35. The minimum Gasteiger partial charge on any atom is -0.135 e. The molecule has 0 aliphatic heterocycles. The highest BCUT2D eigenvalue weighted by molar-refractivity contribution is 7.25. The highest BCUT2D eigenvalue weighted by Crippen LogP contribution is 2.36. The van der Waals surface area contributed by atoms with Gasteiger partial charge in [0.2, 0.25) is 0 Å². The summed E-state index contributed by atoms with van der Waals surface area (Å²) in [6, 6.07) is 15.6. The van der Waals surface area contributed by atoms with Gasteiger partial charge in [0, 0.05) is 20.2 Å². The van der Waals surface area contributed by atoms with Gasteiger partial charge in [-0.25, -0.2) is 0 Å². The fourth-order valence-corrected chi connectivity index (χ4v) is 3.91. The lowest BCUT2D eigenvalue weighted by Gasteiger charge is -2.09. The third kappa shape index (κ3) is 1.82. The minimum atomic E-state index is 1.16. The van der Waals surface area contributed by atoms with E-state index in [1.54, 1.807) is 0 Å². The van der Waals surface area contributed by atoms with Crippen molar-refractivity contribution in [2.75, 3.05) is 0 Å². The van der Waals surface area contributed by atoms with E-state index in [9.17, 15) is 0 Å². The molecule has 1 heterocycles. The van der Waals surface area contributed by atoms with Gasteiger partial charge in [-0.3, -0.25) is 0 Å². The van der Waals surface area contributed by atoms with Crippen molar-refractivity contribution in [1.82, 2.24) is 0 Å². The number of fused-ring (bicyclic) bond motifs is 3. The SMILES string of the molecule is C1=CCCC(c2ccc3c(c2)sc2ccccc23)=C1. The molecule has 1 aliphatic carbocycles. The first kappa shape index (κ1) is 11.0. The van der Waals surface area contributed by atoms with E-state index in [1.807, 2.05) is 11.3 Å². The van der Waals surface area contributed by atoms with Gasteiger partial charge in [0.05, 0.1) is 0 Å². The van der Waals surface area contributed by atoms with Gasteiger partial charge in [0.25, 0.3) is 0 Å². The summed E-state index contributed by atoms with van der Waals surface area (Å²) in [5.41, 5.74) is 2.84. The molecule has 1 aliphatic rings. The summed E-state index contributed by atoms with van der Waals surface area (Å²) in [5, 5.41) is 2.77. The van der Waals surface area contributed by atoms with Gasteiger partial charge in [-0.1, -0.05) is 48.6 Å². The summed E-state index contributed by atoms with van der Waals surface area (Å²) in [4.78, 5) is 0. The maximum Gasteiger partial charge on any atom is 0.0361 e. The minimum absolute atomic E-state index is 1.16. The number of thiophene rings is 1. The molecule has 0 saturated heterocycles. The Labute approximate surface area is 116 Å². The molecule has 1 aromatic heterocycles. The van der Waals surface area contributed by atoms with Crippen LogP contribution in [-0.2, 0) is 0 Å². The van der Waals surface area contributed by atoms with Crippen LogP contribution in [0.3, 0.4) is 0 Å². The predicted octanol–water partition coefficient (Wildman–Crippen LogP) is 5.79. The summed E-state index contributed by atoms with van der Waals surface area (Å²) in [5.74, 6) is 0. The Hall–Kier alpha value is -1.86. The molecule has 0 nitrogen and oxygen atoms in total. The van der Waals surface area contributed by atoms with Crippen LogP contribution in [0.5, 0.6) is 0 Å². The molecule has 0 bridgehead atoms. The third-order valence-electron chi connectivity index (χ3n) is 3.76. The Morgan fingerprint density at radius 1 is 0.895 bits per heavy atom. The van der Waals surface area contributed by atoms with Crippen LogP contribution >= 0.6 is 11.3 Å². The van der Waals surface area contributed by atoms with Crippen LogP contribution in [0.25, 0.3) is 25.7 Å². The number of rotatable bonds is 1. The summed E-state index contributed by atoms with van der Waals surface area (Å²) < 4.78 is 2.78. The summed E-state index contributed by atoms with van der Waals surface area (Å²) in [6.45, 7) is 0. The van der Waals surface area contributed by atoms with E-state index >= 15 is 0 Å². The van der Waals surface area contributed by atoms with Crippen LogP contribution < -0.4 is 0 Å². The Balaban J connectivity index is 1.94. The molecule has 0 fully saturated rings. The first-order valence-corrected chi connectivity index (χ1v) is 7.51. The zero-order valence-electron chi connectivity index (χ0n) is 10.6. The van der Waals surface area contributed by atoms with E-state index in [2.05, 4.69) is 60.7 Å². The van der Waals surface area contributed by atoms with Crippen LogP contribution in [0.1, 0.15) is 18.4 Å². The van der Waals surface area contributed by atoms with Crippen LogP contribution in [0.4, 0.5) is 0 Å². The number of hydrogen-bond acceptors (Lipinski definition) is 1. The van der Waals surface area contributed by atoms with Gasteiger partial charge in [-0.05, 0) is 36.1 Å². The second-order valence-electron chi connectivity index (χ2n) is 4.97. The van der Waals surface area contributed by atoms with Gasteiger partial charge in [-0.15, -0.1) is 11.3 Å². The van der Waals surface area contributed by atoms with E-state index in [-0.39, 0.29) is 0 Å². The largest absolute Gasteiger partial charge is 0.135 e. The van der Waals surface area contributed by atoms with E-state index in [1.165, 1.54) is 31.3 Å². The second kappa shape index (κ2) is 4.36. The Morgan fingerprint density at radius 3 is 2.68 bits per heavy atom. The van der Waals surface area contributed by atoms with Gasteiger partial charge in [-0.2, -0.15) is 0 Å². The first-order chi connectivity index (χ1) is 9.42. The molecule has 0 saturated carbocycles. The van der Waals surface area contributed by atoms with E-state index < -0.39 is 0 Å². The molecule has 92 valence electrons. The summed E-state index contributed by atoms with van der Waals surface area (Å²) in [6.07, 6.45) is 8.98. The van der Waals surface area contributed by atoms with Crippen molar-refractivity contribution in [2.45, 2.75) is 12.8 Å². The fourth-order valence-electron chi connectivity index (χ4n) is 2.77. The molecule has 0 spiro atoms. The zero-order chi connectivity index (χ0) is 12.7. The Kier molecular flexibility index (Phi) is 2.52. The van der Waals surface area contributed by atoms with Crippen LogP contribution in [0.2, 0.25) is 0 Å². The van der Waals surface area contributed by atoms with E-state index in [0.29, 0.717) is 0 Å². The zero-order valence-corrected chi connectivity index (χ0v) is 11.4. The van der Waals surface area contributed by atoms with E-state index in [0.717, 1.165) is 12.8 Å². The lowest BCUT2D eigenvalue weighted by molar-refractivity contribution is 1.05. The van der Waals surface area contributed by atoms with Gasteiger partial charge in [0.1, 0.15) is 0 Å².